The summed E-state index contributed by atoms with van der Waals surface area (Å²) >= 11 is 0. The van der Waals surface area contributed by atoms with Crippen LogP contribution in [0.25, 0.3) is 0 Å². The van der Waals surface area contributed by atoms with Crippen molar-refractivity contribution in [3.05, 3.63) is 35.4 Å². The van der Waals surface area contributed by atoms with Crippen LogP contribution in [0.4, 0.5) is 26.3 Å². The maximum atomic E-state index is 13.0. The first-order valence-corrected chi connectivity index (χ1v) is 11.0. The highest BCUT2D eigenvalue weighted by Gasteiger charge is 2.38. The van der Waals surface area contributed by atoms with Crippen molar-refractivity contribution < 1.29 is 36.2 Å². The highest BCUT2D eigenvalue weighted by Crippen LogP contribution is 2.42. The summed E-state index contributed by atoms with van der Waals surface area (Å²) < 4.78 is 77.8. The summed E-state index contributed by atoms with van der Waals surface area (Å²) in [5.74, 6) is -1.15. The van der Waals surface area contributed by atoms with Crippen LogP contribution >= 0.6 is 0 Å². The van der Waals surface area contributed by atoms with Gasteiger partial charge in [-0.2, -0.15) is 26.3 Å². The van der Waals surface area contributed by atoms with Crippen molar-refractivity contribution in [2.24, 2.45) is 11.8 Å². The Balaban J connectivity index is 2.32. The third-order valence-electron chi connectivity index (χ3n) is 6.20. The summed E-state index contributed by atoms with van der Waals surface area (Å²) in [6.45, 7) is 4.25. The number of hydrogen-bond donors (Lipinski definition) is 1. The van der Waals surface area contributed by atoms with E-state index in [-0.39, 0.29) is 36.8 Å². The van der Waals surface area contributed by atoms with Crippen molar-refractivity contribution >= 4 is 5.97 Å². The summed E-state index contributed by atoms with van der Waals surface area (Å²) in [4.78, 5) is 13.0. The summed E-state index contributed by atoms with van der Waals surface area (Å²) in [6, 6.07) is 4.46. The van der Waals surface area contributed by atoms with E-state index in [1.807, 2.05) is 18.7 Å². The fraction of sp³-hybridized carbons (Fsp3) is 0.696. The van der Waals surface area contributed by atoms with Gasteiger partial charge in [0.15, 0.2) is 0 Å². The van der Waals surface area contributed by atoms with E-state index >= 15 is 0 Å². The number of alkyl halides is 6. The zero-order valence-corrected chi connectivity index (χ0v) is 18.3. The quantitative estimate of drug-likeness (QED) is 0.409. The van der Waals surface area contributed by atoms with Crippen molar-refractivity contribution in [1.29, 1.82) is 0 Å². The average Bonchev–Trinajstić information content (AvgIpc) is 2.66. The first-order valence-electron chi connectivity index (χ1n) is 11.0. The second-order valence-electron chi connectivity index (χ2n) is 9.15. The van der Waals surface area contributed by atoms with Gasteiger partial charge in [0.1, 0.15) is 0 Å². The molecule has 32 heavy (non-hydrogen) atoms. The van der Waals surface area contributed by atoms with Gasteiger partial charge in [0, 0.05) is 19.0 Å². The van der Waals surface area contributed by atoms with E-state index in [1.165, 1.54) is 12.1 Å². The molecule has 2 rings (SSSR count). The predicted octanol–water partition coefficient (Wildman–Crippen LogP) is 6.73. The molecule has 3 atom stereocenters. The van der Waals surface area contributed by atoms with Gasteiger partial charge in [-0.3, -0.25) is 9.69 Å². The van der Waals surface area contributed by atoms with Crippen LogP contribution in [0.5, 0.6) is 0 Å². The monoisotopic (exact) mass is 467 g/mol. The lowest BCUT2D eigenvalue weighted by Crippen LogP contribution is -2.45. The van der Waals surface area contributed by atoms with Crippen molar-refractivity contribution in [2.75, 3.05) is 13.1 Å². The minimum Gasteiger partial charge on any atom is -0.481 e. The standard InChI is InChI=1S/C23H31F6NO2/c1-15(2)9-11-30(12-10-22(24,25)26)20-8-3-16(14-21(31)32)13-19(20)17-4-6-18(7-5-17)23(27,28)29/h4-7,15-16,19-20H,3,8-14H2,1-2H3,(H,31,32)/t16-,19+,20-/m0/s1. The van der Waals surface area contributed by atoms with Crippen LogP contribution in [-0.4, -0.2) is 41.3 Å². The molecule has 0 bridgehead atoms. The van der Waals surface area contributed by atoms with E-state index in [4.69, 9.17) is 0 Å². The fourth-order valence-corrected chi connectivity index (χ4v) is 4.53. The molecule has 1 aliphatic carbocycles. The van der Waals surface area contributed by atoms with Crippen LogP contribution < -0.4 is 0 Å². The molecule has 0 amide bonds. The number of halogens is 6. The number of carbonyl (C=O) groups is 1. The Hall–Kier alpha value is -1.77. The molecule has 0 aliphatic heterocycles. The molecule has 0 spiro atoms. The number of rotatable bonds is 9. The molecule has 1 saturated carbocycles. The first-order chi connectivity index (χ1) is 14.8. The molecule has 1 aromatic rings. The second kappa shape index (κ2) is 10.9. The van der Waals surface area contributed by atoms with Crippen LogP contribution in [0.15, 0.2) is 24.3 Å². The van der Waals surface area contributed by atoms with Gasteiger partial charge < -0.3 is 5.11 Å². The third kappa shape index (κ3) is 8.30. The van der Waals surface area contributed by atoms with E-state index in [0.717, 1.165) is 12.1 Å². The molecule has 1 N–H and O–H groups in total. The van der Waals surface area contributed by atoms with Crippen LogP contribution in [0, 0.1) is 11.8 Å². The zero-order valence-electron chi connectivity index (χ0n) is 18.3. The van der Waals surface area contributed by atoms with Crippen molar-refractivity contribution in [3.8, 4) is 0 Å². The van der Waals surface area contributed by atoms with Gasteiger partial charge in [-0.05, 0) is 67.7 Å². The van der Waals surface area contributed by atoms with Crippen molar-refractivity contribution in [3.63, 3.8) is 0 Å². The topological polar surface area (TPSA) is 40.5 Å². The molecule has 0 heterocycles. The van der Waals surface area contributed by atoms with Crippen molar-refractivity contribution in [2.45, 2.75) is 76.7 Å². The minimum absolute atomic E-state index is 0.0571. The normalized spacial score (nSPS) is 22.5. The van der Waals surface area contributed by atoms with E-state index in [2.05, 4.69) is 0 Å². The van der Waals surface area contributed by atoms with Crippen molar-refractivity contribution in [1.82, 2.24) is 4.90 Å². The lowest BCUT2D eigenvalue weighted by Gasteiger charge is -2.43. The van der Waals surface area contributed by atoms with Gasteiger partial charge >= 0.3 is 18.3 Å². The number of carboxylic acid groups (broad SMARTS) is 1. The van der Waals surface area contributed by atoms with Gasteiger partial charge in [0.2, 0.25) is 0 Å². The summed E-state index contributed by atoms with van der Waals surface area (Å²) in [5, 5.41) is 9.18. The maximum absolute atomic E-state index is 13.0. The molecular formula is C23H31F6NO2. The summed E-state index contributed by atoms with van der Waals surface area (Å²) in [5.41, 5.74) is -0.177. The number of hydrogen-bond acceptors (Lipinski definition) is 2. The third-order valence-corrected chi connectivity index (χ3v) is 6.20. The van der Waals surface area contributed by atoms with Gasteiger partial charge in [-0.15, -0.1) is 0 Å². The molecule has 182 valence electrons. The molecule has 3 nitrogen and oxygen atoms in total. The molecule has 1 aliphatic rings. The Morgan fingerprint density at radius 2 is 1.69 bits per heavy atom. The lowest BCUT2D eigenvalue weighted by molar-refractivity contribution is -0.141. The number of benzene rings is 1. The smallest absolute Gasteiger partial charge is 0.416 e. The van der Waals surface area contributed by atoms with E-state index in [9.17, 15) is 36.2 Å². The van der Waals surface area contributed by atoms with E-state index < -0.39 is 30.3 Å². The first kappa shape index (κ1) is 26.5. The Bertz CT molecular complexity index is 729. The van der Waals surface area contributed by atoms with Crippen LogP contribution in [-0.2, 0) is 11.0 Å². The molecule has 9 heteroatoms. The molecule has 1 aromatic carbocycles. The molecule has 0 saturated heterocycles. The predicted molar refractivity (Wildman–Crippen MR) is 109 cm³/mol. The Morgan fingerprint density at radius 1 is 1.06 bits per heavy atom. The molecule has 0 aromatic heterocycles. The van der Waals surface area contributed by atoms with Crippen LogP contribution in [0.3, 0.4) is 0 Å². The highest BCUT2D eigenvalue weighted by molar-refractivity contribution is 5.67. The SMILES string of the molecule is CC(C)CCN(CCC(F)(F)F)[C@H]1CC[C@H](CC(=O)O)C[C@@H]1c1ccc(C(F)(F)F)cc1. The molecule has 1 fully saturated rings. The molecule has 0 radical (unpaired) electrons. The minimum atomic E-state index is -4.48. The molecular weight excluding hydrogens is 436 g/mol. The average molecular weight is 467 g/mol. The van der Waals surface area contributed by atoms with E-state index in [1.54, 1.807) is 0 Å². The maximum Gasteiger partial charge on any atom is 0.416 e. The lowest BCUT2D eigenvalue weighted by atomic mass is 9.73. The van der Waals surface area contributed by atoms with Gasteiger partial charge in [-0.1, -0.05) is 26.0 Å². The Morgan fingerprint density at radius 3 is 2.19 bits per heavy atom. The molecule has 0 unspecified atom stereocenters. The van der Waals surface area contributed by atoms with Gasteiger partial charge in [0.05, 0.1) is 12.0 Å². The Labute approximate surface area is 184 Å². The van der Waals surface area contributed by atoms with Crippen LogP contribution in [0.2, 0.25) is 0 Å². The fourth-order valence-electron chi connectivity index (χ4n) is 4.53. The largest absolute Gasteiger partial charge is 0.481 e. The number of carboxylic acids is 1. The number of nitrogens with zero attached hydrogens (tertiary/aromatic N) is 1. The summed E-state index contributed by atoms with van der Waals surface area (Å²) in [7, 11) is 0. The van der Waals surface area contributed by atoms with E-state index in [0.29, 0.717) is 37.8 Å². The van der Waals surface area contributed by atoms with Gasteiger partial charge in [-0.25, -0.2) is 0 Å². The Kier molecular flexibility index (Phi) is 9.02. The van der Waals surface area contributed by atoms with Crippen LogP contribution in [0.1, 0.15) is 69.4 Å². The highest BCUT2D eigenvalue weighted by atomic mass is 19.4. The zero-order chi connectivity index (χ0) is 24.1. The van der Waals surface area contributed by atoms with Gasteiger partial charge in [0.25, 0.3) is 0 Å². The summed E-state index contributed by atoms with van der Waals surface area (Å²) in [6.07, 6.45) is -7.60. The number of aliphatic carboxylic acids is 1. The second-order valence-corrected chi connectivity index (χ2v) is 9.15.